The van der Waals surface area contributed by atoms with Crippen molar-refractivity contribution in [2.75, 3.05) is 32.1 Å². The number of H-pyrrole nitrogens is 1. The van der Waals surface area contributed by atoms with Gasteiger partial charge in [0.25, 0.3) is 5.56 Å². The Labute approximate surface area is 146 Å². The van der Waals surface area contributed by atoms with Gasteiger partial charge in [-0.1, -0.05) is 0 Å². The van der Waals surface area contributed by atoms with E-state index in [-0.39, 0.29) is 17.4 Å². The molecule has 8 heteroatoms. The fourth-order valence-electron chi connectivity index (χ4n) is 3.10. The molecule has 1 fully saturated rings. The maximum absolute atomic E-state index is 12.4. The second-order valence-electron chi connectivity index (χ2n) is 6.69. The molecule has 0 radical (unpaired) electrons. The highest BCUT2D eigenvalue weighted by atomic mass is 16.2. The number of amides is 1. The van der Waals surface area contributed by atoms with Gasteiger partial charge in [-0.15, -0.1) is 0 Å². The average molecular weight is 344 g/mol. The standard InChI is InChI=1S/C17H24N6O2/c1-21(2)17-18-14(10-15(24)19-17)12-6-9-23(11-12)16(25)5-4-13-7-8-22(3)20-13/h7-8,10,12H,4-6,9,11H2,1-3H3,(H,18,19,24). The molecule has 0 bridgehead atoms. The van der Waals surface area contributed by atoms with Gasteiger partial charge in [0, 0.05) is 65.3 Å². The van der Waals surface area contributed by atoms with Crippen LogP contribution in [-0.4, -0.2) is 57.7 Å². The molecule has 0 aromatic carbocycles. The summed E-state index contributed by atoms with van der Waals surface area (Å²) in [6.07, 6.45) is 3.82. The Morgan fingerprint density at radius 3 is 2.92 bits per heavy atom. The molecular weight excluding hydrogens is 320 g/mol. The molecule has 134 valence electrons. The highest BCUT2D eigenvalue weighted by molar-refractivity contribution is 5.76. The largest absolute Gasteiger partial charge is 0.348 e. The minimum atomic E-state index is -0.159. The van der Waals surface area contributed by atoms with E-state index in [1.54, 1.807) is 15.6 Å². The molecule has 3 rings (SSSR count). The molecule has 0 saturated carbocycles. The zero-order chi connectivity index (χ0) is 18.0. The fraction of sp³-hybridized carbons (Fsp3) is 0.529. The average Bonchev–Trinajstić information content (AvgIpc) is 3.21. The van der Waals surface area contributed by atoms with Gasteiger partial charge in [-0.25, -0.2) is 4.98 Å². The number of hydrogen-bond acceptors (Lipinski definition) is 5. The zero-order valence-corrected chi connectivity index (χ0v) is 14.9. The van der Waals surface area contributed by atoms with Gasteiger partial charge in [-0.05, 0) is 12.5 Å². The van der Waals surface area contributed by atoms with Crippen LogP contribution in [0.2, 0.25) is 0 Å². The number of nitrogens with one attached hydrogen (secondary N) is 1. The van der Waals surface area contributed by atoms with Crippen molar-refractivity contribution >= 4 is 11.9 Å². The summed E-state index contributed by atoms with van der Waals surface area (Å²) >= 11 is 0. The fourth-order valence-corrected chi connectivity index (χ4v) is 3.10. The third-order valence-electron chi connectivity index (χ3n) is 4.50. The van der Waals surface area contributed by atoms with E-state index in [1.807, 2.05) is 38.3 Å². The van der Waals surface area contributed by atoms with Gasteiger partial charge in [0.2, 0.25) is 11.9 Å². The summed E-state index contributed by atoms with van der Waals surface area (Å²) in [6.45, 7) is 1.32. The van der Waals surface area contributed by atoms with Crippen LogP contribution in [0.4, 0.5) is 5.95 Å². The number of hydrogen-bond donors (Lipinski definition) is 1. The Kier molecular flexibility index (Phi) is 4.87. The lowest BCUT2D eigenvalue weighted by Crippen LogP contribution is -2.29. The quantitative estimate of drug-likeness (QED) is 0.854. The van der Waals surface area contributed by atoms with Crippen molar-refractivity contribution in [3.63, 3.8) is 0 Å². The van der Waals surface area contributed by atoms with Crippen LogP contribution < -0.4 is 10.5 Å². The van der Waals surface area contributed by atoms with E-state index in [0.29, 0.717) is 31.9 Å². The van der Waals surface area contributed by atoms with Crippen LogP contribution in [0.3, 0.4) is 0 Å². The van der Waals surface area contributed by atoms with Gasteiger partial charge >= 0.3 is 0 Å². The molecule has 1 amide bonds. The Morgan fingerprint density at radius 2 is 2.24 bits per heavy atom. The number of carbonyl (C=O) groups excluding carboxylic acids is 1. The van der Waals surface area contributed by atoms with Crippen LogP contribution in [0.15, 0.2) is 23.1 Å². The molecule has 1 unspecified atom stereocenters. The van der Waals surface area contributed by atoms with Gasteiger partial charge in [-0.3, -0.25) is 19.3 Å². The highest BCUT2D eigenvalue weighted by Gasteiger charge is 2.28. The zero-order valence-electron chi connectivity index (χ0n) is 14.9. The molecule has 1 atom stereocenters. The van der Waals surface area contributed by atoms with Gasteiger partial charge in [0.15, 0.2) is 0 Å². The predicted octanol–water partition coefficient (Wildman–Crippen LogP) is 0.518. The molecule has 1 saturated heterocycles. The molecule has 0 spiro atoms. The Morgan fingerprint density at radius 1 is 1.44 bits per heavy atom. The Bertz CT molecular complexity index is 809. The lowest BCUT2D eigenvalue weighted by molar-refractivity contribution is -0.130. The number of aromatic amines is 1. The second-order valence-corrected chi connectivity index (χ2v) is 6.69. The molecule has 25 heavy (non-hydrogen) atoms. The first-order chi connectivity index (χ1) is 11.9. The molecule has 1 N–H and O–H groups in total. The van der Waals surface area contributed by atoms with Crippen molar-refractivity contribution in [3.8, 4) is 0 Å². The summed E-state index contributed by atoms with van der Waals surface area (Å²) < 4.78 is 1.74. The molecule has 1 aliphatic rings. The van der Waals surface area contributed by atoms with Crippen LogP contribution in [0, 0.1) is 0 Å². The topological polar surface area (TPSA) is 87.1 Å². The van der Waals surface area contributed by atoms with Crippen molar-refractivity contribution < 1.29 is 4.79 Å². The minimum Gasteiger partial charge on any atom is -0.348 e. The van der Waals surface area contributed by atoms with Crippen molar-refractivity contribution in [2.45, 2.75) is 25.2 Å². The van der Waals surface area contributed by atoms with Crippen LogP contribution >= 0.6 is 0 Å². The van der Waals surface area contributed by atoms with Gasteiger partial charge < -0.3 is 9.80 Å². The monoisotopic (exact) mass is 344 g/mol. The third kappa shape index (κ3) is 4.07. The smallest absolute Gasteiger partial charge is 0.252 e. The summed E-state index contributed by atoms with van der Waals surface area (Å²) in [5.74, 6) is 0.785. The molecule has 8 nitrogen and oxygen atoms in total. The van der Waals surface area contributed by atoms with Gasteiger partial charge in [0.1, 0.15) is 0 Å². The van der Waals surface area contributed by atoms with Gasteiger partial charge in [-0.2, -0.15) is 5.10 Å². The number of rotatable bonds is 5. The Balaban J connectivity index is 1.61. The molecule has 2 aromatic rings. The lowest BCUT2D eigenvalue weighted by Gasteiger charge is -2.17. The van der Waals surface area contributed by atoms with E-state index in [0.717, 1.165) is 17.8 Å². The summed E-state index contributed by atoms with van der Waals surface area (Å²) in [5, 5.41) is 4.30. The third-order valence-corrected chi connectivity index (χ3v) is 4.50. The second kappa shape index (κ2) is 7.08. The van der Waals surface area contributed by atoms with E-state index < -0.39 is 0 Å². The Hall–Kier alpha value is -2.64. The normalized spacial score (nSPS) is 17.1. The highest BCUT2D eigenvalue weighted by Crippen LogP contribution is 2.26. The van der Waals surface area contributed by atoms with E-state index in [2.05, 4.69) is 15.1 Å². The molecule has 0 aliphatic carbocycles. The number of anilines is 1. The molecule has 2 aromatic heterocycles. The van der Waals surface area contributed by atoms with E-state index in [1.165, 1.54) is 0 Å². The minimum absolute atomic E-state index is 0.111. The lowest BCUT2D eigenvalue weighted by atomic mass is 10.1. The number of carbonyl (C=O) groups is 1. The molecule has 3 heterocycles. The van der Waals surface area contributed by atoms with Crippen LogP contribution in [0.5, 0.6) is 0 Å². The summed E-state index contributed by atoms with van der Waals surface area (Å²) in [4.78, 5) is 35.2. The summed E-state index contributed by atoms with van der Waals surface area (Å²) in [5.41, 5.74) is 1.53. The van der Waals surface area contributed by atoms with Gasteiger partial charge in [0.05, 0.1) is 11.4 Å². The number of likely N-dealkylation sites (tertiary alicyclic amines) is 1. The van der Waals surface area contributed by atoms with Crippen LogP contribution in [0.25, 0.3) is 0 Å². The summed E-state index contributed by atoms with van der Waals surface area (Å²) in [6, 6.07) is 3.47. The first-order valence-corrected chi connectivity index (χ1v) is 8.47. The van der Waals surface area contributed by atoms with E-state index in [4.69, 9.17) is 0 Å². The molecular formula is C17H24N6O2. The molecule has 1 aliphatic heterocycles. The van der Waals surface area contributed by atoms with Crippen molar-refractivity contribution in [2.24, 2.45) is 7.05 Å². The SMILES string of the molecule is CN(C)c1nc(C2CCN(C(=O)CCc3ccn(C)n3)C2)cc(=O)[nH]1. The first-order valence-electron chi connectivity index (χ1n) is 8.47. The maximum Gasteiger partial charge on any atom is 0.252 e. The van der Waals surface area contributed by atoms with Crippen molar-refractivity contribution in [1.29, 1.82) is 0 Å². The van der Waals surface area contributed by atoms with E-state index in [9.17, 15) is 9.59 Å². The van der Waals surface area contributed by atoms with Crippen molar-refractivity contribution in [3.05, 3.63) is 40.1 Å². The number of aromatic nitrogens is 4. The maximum atomic E-state index is 12.4. The predicted molar refractivity (Wildman–Crippen MR) is 94.7 cm³/mol. The first kappa shape index (κ1) is 17.2. The number of aryl methyl sites for hydroxylation is 2. The van der Waals surface area contributed by atoms with Crippen LogP contribution in [0.1, 0.15) is 30.1 Å². The van der Waals surface area contributed by atoms with Crippen LogP contribution in [-0.2, 0) is 18.3 Å². The summed E-state index contributed by atoms with van der Waals surface area (Å²) in [7, 11) is 5.54. The van der Waals surface area contributed by atoms with E-state index >= 15 is 0 Å². The number of nitrogens with zero attached hydrogens (tertiary/aromatic N) is 5. The van der Waals surface area contributed by atoms with Crippen molar-refractivity contribution in [1.82, 2.24) is 24.6 Å².